The third-order valence-corrected chi connectivity index (χ3v) is 2.48. The summed E-state index contributed by atoms with van der Waals surface area (Å²) >= 11 is 0. The van der Waals surface area contributed by atoms with Crippen molar-refractivity contribution < 1.29 is 14.6 Å². The lowest BCUT2D eigenvalue weighted by Crippen LogP contribution is -2.18. The topological polar surface area (TPSA) is 76.7 Å². The summed E-state index contributed by atoms with van der Waals surface area (Å²) in [6, 6.07) is 5.56. The van der Waals surface area contributed by atoms with Gasteiger partial charge in [0.2, 0.25) is 0 Å². The van der Waals surface area contributed by atoms with E-state index in [1.807, 2.05) is 19.1 Å². The van der Waals surface area contributed by atoms with Gasteiger partial charge in [0, 0.05) is 25.4 Å². The average molecular weight is 254 g/mol. The zero-order valence-corrected chi connectivity index (χ0v) is 11.0. The molecule has 1 aromatic carbocycles. The molecular formula is C13H22N2O3. The number of nitrogens with one attached hydrogen (secondary N) is 1. The Balaban J connectivity index is 2.44. The van der Waals surface area contributed by atoms with Crippen LogP contribution >= 0.6 is 0 Å². The van der Waals surface area contributed by atoms with Crippen LogP contribution in [0.1, 0.15) is 13.3 Å². The Bertz CT molecular complexity index is 358. The number of aliphatic hydroxyl groups excluding tert-OH is 1. The number of benzene rings is 1. The van der Waals surface area contributed by atoms with Gasteiger partial charge < -0.3 is 25.6 Å². The molecule has 102 valence electrons. The van der Waals surface area contributed by atoms with Crippen molar-refractivity contribution in [2.24, 2.45) is 0 Å². The molecule has 0 saturated heterocycles. The molecule has 0 aliphatic heterocycles. The fourth-order valence-corrected chi connectivity index (χ4v) is 1.58. The van der Waals surface area contributed by atoms with Crippen molar-refractivity contribution >= 4 is 11.4 Å². The van der Waals surface area contributed by atoms with Gasteiger partial charge in [-0.2, -0.15) is 0 Å². The molecule has 1 rings (SSSR count). The second kappa shape index (κ2) is 7.79. The first-order valence-corrected chi connectivity index (χ1v) is 6.10. The first-order chi connectivity index (χ1) is 8.67. The Hall–Kier alpha value is -1.46. The normalized spacial score (nSPS) is 12.2. The van der Waals surface area contributed by atoms with Gasteiger partial charge in [-0.3, -0.25) is 0 Å². The molecule has 1 aromatic rings. The lowest BCUT2D eigenvalue weighted by atomic mass is 10.2. The second-order valence-electron chi connectivity index (χ2n) is 4.01. The zero-order valence-electron chi connectivity index (χ0n) is 11.0. The van der Waals surface area contributed by atoms with Crippen LogP contribution in [0.15, 0.2) is 18.2 Å². The maximum absolute atomic E-state index is 9.50. The summed E-state index contributed by atoms with van der Waals surface area (Å²) in [7, 11) is 1.57. The van der Waals surface area contributed by atoms with Crippen molar-refractivity contribution in [1.82, 2.24) is 0 Å². The van der Waals surface area contributed by atoms with E-state index in [1.54, 1.807) is 13.2 Å². The molecule has 0 aliphatic rings. The van der Waals surface area contributed by atoms with Crippen LogP contribution < -0.4 is 15.8 Å². The third-order valence-electron chi connectivity index (χ3n) is 2.48. The molecule has 0 spiro atoms. The number of ether oxygens (including phenoxy) is 2. The van der Waals surface area contributed by atoms with Crippen molar-refractivity contribution in [2.75, 3.05) is 37.9 Å². The van der Waals surface area contributed by atoms with E-state index in [9.17, 15) is 5.11 Å². The first-order valence-electron chi connectivity index (χ1n) is 6.10. The van der Waals surface area contributed by atoms with E-state index in [0.29, 0.717) is 37.6 Å². The molecule has 0 fully saturated rings. The van der Waals surface area contributed by atoms with Crippen molar-refractivity contribution in [1.29, 1.82) is 0 Å². The van der Waals surface area contributed by atoms with E-state index in [1.165, 1.54) is 0 Å². The Morgan fingerprint density at radius 3 is 2.89 bits per heavy atom. The Morgan fingerprint density at radius 2 is 2.22 bits per heavy atom. The summed E-state index contributed by atoms with van der Waals surface area (Å²) in [5.74, 6) is 0.680. The third kappa shape index (κ3) is 4.81. The van der Waals surface area contributed by atoms with Crippen LogP contribution in [0.4, 0.5) is 11.4 Å². The lowest BCUT2D eigenvalue weighted by molar-refractivity contribution is 0.0615. The second-order valence-corrected chi connectivity index (χ2v) is 4.01. The minimum Gasteiger partial charge on any atom is -0.492 e. The standard InChI is InChI=1S/C13H22N2O3/c1-3-18-13-8-10(4-5-12(13)14)15-7-6-11(16)9-17-2/h4-5,8,11,15-16H,3,6-7,9,14H2,1-2H3. The number of nitrogens with two attached hydrogens (primary N) is 1. The van der Waals surface area contributed by atoms with Crippen LogP contribution in [0, 0.1) is 0 Å². The number of aliphatic hydroxyl groups is 1. The van der Waals surface area contributed by atoms with E-state index in [2.05, 4.69) is 5.32 Å². The van der Waals surface area contributed by atoms with Gasteiger partial charge in [-0.25, -0.2) is 0 Å². The van der Waals surface area contributed by atoms with E-state index in [4.69, 9.17) is 15.2 Å². The maximum atomic E-state index is 9.50. The van der Waals surface area contributed by atoms with E-state index < -0.39 is 6.10 Å². The van der Waals surface area contributed by atoms with Crippen LogP contribution in [-0.2, 0) is 4.74 Å². The van der Waals surface area contributed by atoms with Crippen LogP contribution in [0.25, 0.3) is 0 Å². The first kappa shape index (κ1) is 14.6. The number of hydrogen-bond acceptors (Lipinski definition) is 5. The van der Waals surface area contributed by atoms with Crippen molar-refractivity contribution in [3.63, 3.8) is 0 Å². The molecule has 0 heterocycles. The fourth-order valence-electron chi connectivity index (χ4n) is 1.58. The molecule has 5 heteroatoms. The number of hydrogen-bond donors (Lipinski definition) is 3. The molecule has 1 atom stereocenters. The Labute approximate surface area is 108 Å². The smallest absolute Gasteiger partial charge is 0.144 e. The van der Waals surface area contributed by atoms with Crippen LogP contribution in [0.3, 0.4) is 0 Å². The Morgan fingerprint density at radius 1 is 1.44 bits per heavy atom. The summed E-state index contributed by atoms with van der Waals surface area (Å²) in [4.78, 5) is 0. The number of methoxy groups -OCH3 is 1. The molecular weight excluding hydrogens is 232 g/mol. The van der Waals surface area contributed by atoms with Crippen LogP contribution in [0.5, 0.6) is 5.75 Å². The predicted molar refractivity (Wildman–Crippen MR) is 73.0 cm³/mol. The number of nitrogen functional groups attached to an aromatic ring is 1. The summed E-state index contributed by atoms with van der Waals surface area (Å²) < 4.78 is 10.3. The number of anilines is 2. The quantitative estimate of drug-likeness (QED) is 0.612. The van der Waals surface area contributed by atoms with Gasteiger partial charge in [0.05, 0.1) is 25.0 Å². The van der Waals surface area contributed by atoms with Crippen LogP contribution in [0.2, 0.25) is 0 Å². The molecule has 0 saturated carbocycles. The molecule has 1 unspecified atom stereocenters. The highest BCUT2D eigenvalue weighted by Crippen LogP contribution is 2.25. The van der Waals surface area contributed by atoms with Gasteiger partial charge >= 0.3 is 0 Å². The van der Waals surface area contributed by atoms with Crippen molar-refractivity contribution in [3.8, 4) is 5.75 Å². The fraction of sp³-hybridized carbons (Fsp3) is 0.538. The molecule has 5 nitrogen and oxygen atoms in total. The van der Waals surface area contributed by atoms with Crippen molar-refractivity contribution in [2.45, 2.75) is 19.4 Å². The zero-order chi connectivity index (χ0) is 13.4. The number of rotatable bonds is 8. The molecule has 18 heavy (non-hydrogen) atoms. The monoisotopic (exact) mass is 254 g/mol. The van der Waals surface area contributed by atoms with Gasteiger partial charge in [-0.15, -0.1) is 0 Å². The lowest BCUT2D eigenvalue weighted by Gasteiger charge is -2.13. The highest BCUT2D eigenvalue weighted by Gasteiger charge is 2.04. The summed E-state index contributed by atoms with van der Waals surface area (Å²) in [6.45, 7) is 3.52. The largest absolute Gasteiger partial charge is 0.492 e. The SMILES string of the molecule is CCOc1cc(NCCC(O)COC)ccc1N. The predicted octanol–water partition coefficient (Wildman–Crippen LogP) is 1.48. The van der Waals surface area contributed by atoms with Gasteiger partial charge in [0.15, 0.2) is 0 Å². The van der Waals surface area contributed by atoms with Crippen LogP contribution in [-0.4, -0.2) is 38.1 Å². The molecule has 0 radical (unpaired) electrons. The van der Waals surface area contributed by atoms with Gasteiger partial charge in [-0.1, -0.05) is 0 Å². The van der Waals surface area contributed by atoms with Gasteiger partial charge in [-0.05, 0) is 25.5 Å². The average Bonchev–Trinajstić information content (AvgIpc) is 2.34. The molecule has 0 aliphatic carbocycles. The summed E-state index contributed by atoms with van der Waals surface area (Å²) in [5, 5.41) is 12.7. The molecule has 0 aromatic heterocycles. The van der Waals surface area contributed by atoms with Crippen molar-refractivity contribution in [3.05, 3.63) is 18.2 Å². The van der Waals surface area contributed by atoms with Gasteiger partial charge in [0.25, 0.3) is 0 Å². The summed E-state index contributed by atoms with van der Waals surface area (Å²) in [5.41, 5.74) is 7.34. The molecule has 0 amide bonds. The van der Waals surface area contributed by atoms with Gasteiger partial charge in [0.1, 0.15) is 5.75 Å². The summed E-state index contributed by atoms with van der Waals surface area (Å²) in [6.07, 6.45) is 0.185. The minimum atomic E-state index is -0.442. The highest BCUT2D eigenvalue weighted by atomic mass is 16.5. The van der Waals surface area contributed by atoms with E-state index >= 15 is 0 Å². The highest BCUT2D eigenvalue weighted by molar-refractivity contribution is 5.61. The van der Waals surface area contributed by atoms with E-state index in [0.717, 1.165) is 5.69 Å². The maximum Gasteiger partial charge on any atom is 0.144 e. The minimum absolute atomic E-state index is 0.355. The molecule has 4 N–H and O–H groups in total. The molecule has 0 bridgehead atoms. The van der Waals surface area contributed by atoms with E-state index in [-0.39, 0.29) is 0 Å². The Kier molecular flexibility index (Phi) is 6.32.